The van der Waals surface area contributed by atoms with Crippen LogP contribution >= 0.6 is 0 Å². The van der Waals surface area contributed by atoms with Crippen molar-refractivity contribution < 1.29 is 23.5 Å². The average Bonchev–Trinajstić information content (AvgIpc) is 3.48. The number of amides is 2. The van der Waals surface area contributed by atoms with Gasteiger partial charge in [0.25, 0.3) is 5.91 Å². The highest BCUT2D eigenvalue weighted by Gasteiger charge is 2.26. The molecule has 3 aromatic rings. The number of aryl methyl sites for hydroxylation is 1. The van der Waals surface area contributed by atoms with Gasteiger partial charge in [0.05, 0.1) is 12.8 Å². The van der Waals surface area contributed by atoms with Crippen LogP contribution in [0.15, 0.2) is 65.3 Å². The highest BCUT2D eigenvalue weighted by atomic mass is 16.7. The van der Waals surface area contributed by atoms with Gasteiger partial charge in [-0.05, 0) is 62.2 Å². The average molecular weight is 449 g/mol. The monoisotopic (exact) mass is 448 g/mol. The molecule has 0 unspecified atom stereocenters. The van der Waals surface area contributed by atoms with Gasteiger partial charge in [0.1, 0.15) is 12.3 Å². The second-order valence-corrected chi connectivity index (χ2v) is 8.36. The van der Waals surface area contributed by atoms with E-state index >= 15 is 0 Å². The van der Waals surface area contributed by atoms with Crippen molar-refractivity contribution >= 4 is 11.8 Å². The molecule has 0 spiro atoms. The summed E-state index contributed by atoms with van der Waals surface area (Å²) in [6.45, 7) is 6.53. The van der Waals surface area contributed by atoms with Crippen molar-refractivity contribution in [3.8, 4) is 11.5 Å². The number of hydrogen-bond donors (Lipinski definition) is 0. The van der Waals surface area contributed by atoms with E-state index in [0.29, 0.717) is 35.9 Å². The van der Waals surface area contributed by atoms with Gasteiger partial charge in [-0.2, -0.15) is 0 Å². The minimum atomic E-state index is -0.167. The van der Waals surface area contributed by atoms with Gasteiger partial charge in [-0.1, -0.05) is 24.3 Å². The highest BCUT2D eigenvalue weighted by Crippen LogP contribution is 2.33. The normalized spacial score (nSPS) is 12.1. The number of fused-ring (bicyclic) bond motifs is 1. The summed E-state index contributed by atoms with van der Waals surface area (Å²) in [5, 5.41) is 0. The fourth-order valence-electron chi connectivity index (χ4n) is 3.78. The van der Waals surface area contributed by atoms with Gasteiger partial charge in [0, 0.05) is 18.2 Å². The third kappa shape index (κ3) is 5.19. The largest absolute Gasteiger partial charge is 0.467 e. The van der Waals surface area contributed by atoms with Crippen LogP contribution in [0.2, 0.25) is 0 Å². The molecule has 7 nitrogen and oxygen atoms in total. The van der Waals surface area contributed by atoms with E-state index in [1.54, 1.807) is 28.2 Å². The van der Waals surface area contributed by atoms with Gasteiger partial charge in [0.2, 0.25) is 12.7 Å². The van der Waals surface area contributed by atoms with Crippen LogP contribution in [0.25, 0.3) is 0 Å². The third-order valence-electron chi connectivity index (χ3n) is 5.66. The fraction of sp³-hybridized carbons (Fsp3) is 0.308. The van der Waals surface area contributed by atoms with E-state index in [4.69, 9.17) is 13.9 Å². The number of nitrogens with zero attached hydrogens (tertiary/aromatic N) is 2. The molecule has 0 atom stereocenters. The first-order valence-corrected chi connectivity index (χ1v) is 11.0. The Hall–Kier alpha value is -3.74. The Balaban J connectivity index is 1.55. The maximum atomic E-state index is 13.5. The van der Waals surface area contributed by atoms with Gasteiger partial charge < -0.3 is 23.7 Å². The molecule has 0 saturated heterocycles. The molecule has 2 aromatic carbocycles. The minimum absolute atomic E-state index is 0.0317. The molecule has 0 fully saturated rings. The number of rotatable bonds is 8. The molecule has 172 valence electrons. The molecule has 1 aliphatic rings. The maximum absolute atomic E-state index is 13.5. The van der Waals surface area contributed by atoms with E-state index in [1.807, 2.05) is 63.2 Å². The predicted molar refractivity (Wildman–Crippen MR) is 123 cm³/mol. The number of ether oxygens (including phenoxy) is 2. The van der Waals surface area contributed by atoms with E-state index in [0.717, 1.165) is 11.1 Å². The molecule has 2 amide bonds. The first-order chi connectivity index (χ1) is 15.9. The fourth-order valence-corrected chi connectivity index (χ4v) is 3.78. The summed E-state index contributed by atoms with van der Waals surface area (Å²) in [7, 11) is 0. The van der Waals surface area contributed by atoms with Gasteiger partial charge >= 0.3 is 0 Å². The molecule has 33 heavy (non-hydrogen) atoms. The molecule has 1 aliphatic heterocycles. The van der Waals surface area contributed by atoms with E-state index in [2.05, 4.69) is 0 Å². The molecule has 0 radical (unpaired) electrons. The Morgan fingerprint density at radius 2 is 1.76 bits per heavy atom. The van der Waals surface area contributed by atoms with Crippen LogP contribution in [0.1, 0.15) is 41.1 Å². The van der Waals surface area contributed by atoms with Gasteiger partial charge in [-0.15, -0.1) is 0 Å². The summed E-state index contributed by atoms with van der Waals surface area (Å²) in [4.78, 5) is 30.1. The van der Waals surface area contributed by atoms with Crippen molar-refractivity contribution in [2.24, 2.45) is 0 Å². The van der Waals surface area contributed by atoms with Gasteiger partial charge in [0.15, 0.2) is 11.5 Å². The van der Waals surface area contributed by atoms with Crippen LogP contribution in [-0.2, 0) is 17.9 Å². The van der Waals surface area contributed by atoms with Crippen LogP contribution in [-0.4, -0.2) is 41.0 Å². The van der Waals surface area contributed by atoms with Crippen molar-refractivity contribution in [1.29, 1.82) is 0 Å². The SMILES string of the molecule is Cc1ccccc1C(=O)N(CC(=O)N(Cc1ccc2c(c1)OCO2)Cc1ccco1)C(C)C. The number of hydrogen-bond acceptors (Lipinski definition) is 5. The molecular weight excluding hydrogens is 420 g/mol. The molecule has 0 aliphatic carbocycles. The Morgan fingerprint density at radius 1 is 0.970 bits per heavy atom. The second kappa shape index (κ2) is 9.81. The van der Waals surface area contributed by atoms with Crippen LogP contribution in [0.4, 0.5) is 0 Å². The lowest BCUT2D eigenvalue weighted by molar-refractivity contribution is -0.133. The third-order valence-corrected chi connectivity index (χ3v) is 5.66. The minimum Gasteiger partial charge on any atom is -0.467 e. The van der Waals surface area contributed by atoms with Crippen LogP contribution in [0, 0.1) is 6.92 Å². The molecule has 0 saturated carbocycles. The van der Waals surface area contributed by atoms with Crippen molar-refractivity contribution in [2.75, 3.05) is 13.3 Å². The van der Waals surface area contributed by atoms with Crippen molar-refractivity contribution in [1.82, 2.24) is 9.80 Å². The predicted octanol–water partition coefficient (Wildman–Crippen LogP) is 4.40. The first kappa shape index (κ1) is 22.5. The summed E-state index contributed by atoms with van der Waals surface area (Å²) >= 11 is 0. The van der Waals surface area contributed by atoms with Crippen LogP contribution < -0.4 is 9.47 Å². The van der Waals surface area contributed by atoms with Crippen LogP contribution in [0.5, 0.6) is 11.5 Å². The van der Waals surface area contributed by atoms with Crippen LogP contribution in [0.3, 0.4) is 0 Å². The molecule has 2 heterocycles. The molecule has 7 heteroatoms. The maximum Gasteiger partial charge on any atom is 0.254 e. The number of carbonyl (C=O) groups excluding carboxylic acids is 2. The number of benzene rings is 2. The van der Waals surface area contributed by atoms with Gasteiger partial charge in [-0.3, -0.25) is 9.59 Å². The summed E-state index contributed by atoms with van der Waals surface area (Å²) in [5.74, 6) is 1.71. The summed E-state index contributed by atoms with van der Waals surface area (Å²) < 4.78 is 16.4. The smallest absolute Gasteiger partial charge is 0.254 e. The summed E-state index contributed by atoms with van der Waals surface area (Å²) in [6, 6.07) is 16.5. The lowest BCUT2D eigenvalue weighted by atomic mass is 10.1. The zero-order chi connectivity index (χ0) is 23.4. The Kier molecular flexibility index (Phi) is 6.68. The van der Waals surface area contributed by atoms with Crippen molar-refractivity contribution in [3.05, 3.63) is 83.3 Å². The topological polar surface area (TPSA) is 72.2 Å². The molecule has 4 rings (SSSR count). The zero-order valence-electron chi connectivity index (χ0n) is 19.1. The van der Waals surface area contributed by atoms with E-state index < -0.39 is 0 Å². The van der Waals surface area contributed by atoms with Crippen molar-refractivity contribution in [3.63, 3.8) is 0 Å². The van der Waals surface area contributed by atoms with E-state index in [9.17, 15) is 9.59 Å². The lowest BCUT2D eigenvalue weighted by Crippen LogP contribution is -2.45. The van der Waals surface area contributed by atoms with Crippen molar-refractivity contribution in [2.45, 2.75) is 39.9 Å². The Bertz CT molecular complexity index is 1120. The number of furan rings is 1. The molecule has 0 bridgehead atoms. The summed E-state index contributed by atoms with van der Waals surface area (Å²) in [6.07, 6.45) is 1.58. The Morgan fingerprint density at radius 3 is 2.48 bits per heavy atom. The quantitative estimate of drug-likeness (QED) is 0.511. The molecular formula is C26H28N2O5. The molecule has 0 N–H and O–H groups in total. The standard InChI is InChI=1S/C26H28N2O5/c1-18(2)28(26(30)22-9-5-4-7-19(22)3)16-25(29)27(15-21-8-6-12-31-21)14-20-10-11-23-24(13-20)33-17-32-23/h4-13,18H,14-17H2,1-3H3. The van der Waals surface area contributed by atoms with Gasteiger partial charge in [-0.25, -0.2) is 0 Å². The highest BCUT2D eigenvalue weighted by molar-refractivity contribution is 5.97. The summed E-state index contributed by atoms with van der Waals surface area (Å²) in [5.41, 5.74) is 2.39. The number of carbonyl (C=O) groups is 2. The van der Waals surface area contributed by atoms with E-state index in [1.165, 1.54) is 0 Å². The Labute approximate surface area is 193 Å². The van der Waals surface area contributed by atoms with E-state index in [-0.39, 0.29) is 31.2 Å². The zero-order valence-corrected chi connectivity index (χ0v) is 19.1. The first-order valence-electron chi connectivity index (χ1n) is 11.0. The molecule has 1 aromatic heterocycles. The second-order valence-electron chi connectivity index (χ2n) is 8.36. The lowest BCUT2D eigenvalue weighted by Gasteiger charge is -2.30.